The molecule has 18 heteroatoms. The molecular weight excluding hydrogens is 733 g/mol. The van der Waals surface area contributed by atoms with Crippen LogP contribution in [0.25, 0.3) is 0 Å². The zero-order valence-electron chi connectivity index (χ0n) is 29.4. The third-order valence-electron chi connectivity index (χ3n) is 7.80. The van der Waals surface area contributed by atoms with Crippen LogP contribution < -0.4 is 4.74 Å². The van der Waals surface area contributed by atoms with E-state index in [0.29, 0.717) is 13.2 Å². The number of benzene rings is 2. The first-order valence-corrected chi connectivity index (χ1v) is 31.7. The molecule has 0 bridgehead atoms. The smallest absolute Gasteiger partial charge is 0.479 e. The Kier molecular flexibility index (Phi) is 14.8. The molecule has 2 saturated heterocycles. The second-order valence-corrected chi connectivity index (χ2v) is 29.7. The zero-order chi connectivity index (χ0) is 34.2. The van der Waals surface area contributed by atoms with Gasteiger partial charge in [0, 0.05) is 18.6 Å². The molecule has 2 aliphatic rings. The van der Waals surface area contributed by atoms with Gasteiger partial charge in [0.05, 0.1) is 6.61 Å². The Morgan fingerprint density at radius 2 is 1.06 bits per heavy atom. The molecule has 2 aromatic carbocycles. The summed E-state index contributed by atoms with van der Waals surface area (Å²) in [6.45, 7) is 21.8. The summed E-state index contributed by atoms with van der Waals surface area (Å²) in [6, 6.07) is 18.2. The summed E-state index contributed by atoms with van der Waals surface area (Å²) in [7, 11) is -13.4. The van der Waals surface area contributed by atoms with Crippen LogP contribution in [0.4, 0.5) is 0 Å². The van der Waals surface area contributed by atoms with Crippen LogP contribution in [0.15, 0.2) is 48.5 Å². The molecule has 0 unspecified atom stereocenters. The Morgan fingerprint density at radius 1 is 0.596 bits per heavy atom. The maximum absolute atomic E-state index is 6.33. The van der Waals surface area contributed by atoms with Crippen molar-refractivity contribution in [2.24, 2.45) is 0 Å². The molecule has 6 radical (unpaired) electrons. The molecule has 0 aliphatic carbocycles. The van der Waals surface area contributed by atoms with E-state index in [1.807, 2.05) is 45.8 Å². The average molecular weight is 783 g/mol. The second-order valence-electron chi connectivity index (χ2n) is 12.5. The van der Waals surface area contributed by atoms with Gasteiger partial charge in [0.25, 0.3) is 0 Å². The molecule has 0 N–H and O–H groups in total. The molecular formula is C29H50O10Si8. The first-order chi connectivity index (χ1) is 22.1. The van der Waals surface area contributed by atoms with Crippen LogP contribution in [-0.2, 0) is 49.2 Å². The van der Waals surface area contributed by atoms with E-state index in [9.17, 15) is 0 Å². The average Bonchev–Trinajstić information content (AvgIpc) is 2.96. The van der Waals surface area contributed by atoms with Gasteiger partial charge in [0.1, 0.15) is 5.75 Å². The second kappa shape index (κ2) is 17.7. The van der Waals surface area contributed by atoms with Gasteiger partial charge in [-0.2, -0.15) is 0 Å². The van der Waals surface area contributed by atoms with Crippen LogP contribution in [0.2, 0.25) is 58.4 Å². The van der Waals surface area contributed by atoms with Crippen molar-refractivity contribution in [3.05, 3.63) is 65.2 Å². The molecule has 2 aliphatic heterocycles. The minimum absolute atomic E-state index is 0.147. The monoisotopic (exact) mass is 782 g/mol. The van der Waals surface area contributed by atoms with Crippen LogP contribution in [0, 0.1) is 0 Å². The van der Waals surface area contributed by atoms with Crippen molar-refractivity contribution in [3.63, 3.8) is 0 Å². The highest BCUT2D eigenvalue weighted by atomic mass is 28.5. The van der Waals surface area contributed by atoms with Gasteiger partial charge < -0.3 is 42.1 Å². The van der Waals surface area contributed by atoms with E-state index in [2.05, 4.69) is 68.9 Å². The van der Waals surface area contributed by atoms with E-state index in [-0.39, 0.29) is 5.41 Å². The molecule has 0 amide bonds. The number of hydrogen-bond donors (Lipinski definition) is 0. The fraction of sp³-hybridized carbons (Fsp3) is 0.586. The Morgan fingerprint density at radius 3 is 1.57 bits per heavy atom. The Hall–Kier alpha value is -0.385. The van der Waals surface area contributed by atoms with Gasteiger partial charge in [-0.15, -0.1) is 0 Å². The first-order valence-electron chi connectivity index (χ1n) is 16.1. The minimum atomic E-state index is -2.78. The van der Waals surface area contributed by atoms with Gasteiger partial charge in [0.15, 0.2) is 0 Å². The molecule has 0 aromatic heterocycles. The molecule has 2 heterocycles. The van der Waals surface area contributed by atoms with Crippen LogP contribution in [0.5, 0.6) is 5.75 Å². The molecule has 2 fully saturated rings. The lowest BCUT2D eigenvalue weighted by Gasteiger charge is -2.35. The fourth-order valence-corrected chi connectivity index (χ4v) is 28.0. The van der Waals surface area contributed by atoms with Crippen molar-refractivity contribution in [3.8, 4) is 5.75 Å². The molecule has 10 nitrogen and oxygen atoms in total. The third kappa shape index (κ3) is 12.4. The van der Waals surface area contributed by atoms with Crippen LogP contribution in [0.1, 0.15) is 43.4 Å². The van der Waals surface area contributed by atoms with Gasteiger partial charge in [-0.25, -0.2) is 0 Å². The SMILES string of the molecule is C[Si]1O[Si](C)O[Si](C)(CCCOc2ccc(C(C)(C)c3ccc(CCCO[Si]4(C)O[Si](C)O[Si](C)O[Si](C)O4)cc3)cc2)O[Si](C)O1. The van der Waals surface area contributed by atoms with Crippen molar-refractivity contribution in [1.29, 1.82) is 0 Å². The van der Waals surface area contributed by atoms with Crippen molar-refractivity contribution in [2.75, 3.05) is 13.2 Å². The Balaban J connectivity index is 1.22. The lowest BCUT2D eigenvalue weighted by atomic mass is 9.78. The summed E-state index contributed by atoms with van der Waals surface area (Å²) >= 11 is 0. The standard InChI is InChI=1S/C29H50O10Si8/c1-29(2,26-16-14-25(15-17-26)13-11-23-31-47(10)38-44(7)34-41(4)35-45(8)39-47)27-18-20-28(21-19-27)30-22-12-24-46(9)36-42(5)32-40(3)33-43(6)37-46/h14-21H,11-13,22-24H2,1-10H3. The molecule has 2 aromatic rings. The van der Waals surface area contributed by atoms with E-state index in [0.717, 1.165) is 31.1 Å². The lowest BCUT2D eigenvalue weighted by Crippen LogP contribution is -2.55. The number of rotatable bonds is 12. The van der Waals surface area contributed by atoms with Gasteiger partial charge in [-0.05, 0) is 100.0 Å². The van der Waals surface area contributed by atoms with E-state index < -0.39 is 73.1 Å². The van der Waals surface area contributed by atoms with Crippen LogP contribution in [-0.4, -0.2) is 86.3 Å². The van der Waals surface area contributed by atoms with Crippen molar-refractivity contribution < 1.29 is 42.1 Å². The lowest BCUT2D eigenvalue weighted by molar-refractivity contribution is 0.143. The zero-order valence-corrected chi connectivity index (χ0v) is 37.4. The summed E-state index contributed by atoms with van der Waals surface area (Å²) in [4.78, 5) is 0. The van der Waals surface area contributed by atoms with E-state index >= 15 is 0 Å². The van der Waals surface area contributed by atoms with Crippen molar-refractivity contribution in [2.45, 2.75) is 96.9 Å². The fourth-order valence-electron chi connectivity index (χ4n) is 5.61. The molecule has 0 atom stereocenters. The first kappa shape index (κ1) is 39.4. The highest BCUT2D eigenvalue weighted by Crippen LogP contribution is 2.33. The molecule has 4 rings (SSSR count). The van der Waals surface area contributed by atoms with Gasteiger partial charge in [-0.3, -0.25) is 0 Å². The summed E-state index contributed by atoms with van der Waals surface area (Å²) in [5.41, 5.74) is 3.64. The van der Waals surface area contributed by atoms with Gasteiger partial charge in [0.2, 0.25) is 0 Å². The highest BCUT2D eigenvalue weighted by Gasteiger charge is 2.44. The minimum Gasteiger partial charge on any atom is -0.494 e. The largest absolute Gasteiger partial charge is 0.494 e. The molecule has 258 valence electrons. The third-order valence-corrected chi connectivity index (χ3v) is 30.0. The van der Waals surface area contributed by atoms with E-state index in [4.69, 9.17) is 42.1 Å². The maximum Gasteiger partial charge on any atom is 0.479 e. The maximum atomic E-state index is 6.33. The number of hydrogen-bond acceptors (Lipinski definition) is 10. The highest BCUT2D eigenvalue weighted by molar-refractivity contribution is 6.81. The summed E-state index contributed by atoms with van der Waals surface area (Å²) in [6.07, 6.45) is 2.66. The summed E-state index contributed by atoms with van der Waals surface area (Å²) in [5.74, 6) is 0.870. The topological polar surface area (TPSA) is 92.3 Å². The normalized spacial score (nSPS) is 21.6. The van der Waals surface area contributed by atoms with Gasteiger partial charge >= 0.3 is 73.1 Å². The predicted molar refractivity (Wildman–Crippen MR) is 196 cm³/mol. The predicted octanol–water partition coefficient (Wildman–Crippen LogP) is 6.24. The van der Waals surface area contributed by atoms with Crippen molar-refractivity contribution >= 4 is 73.1 Å². The van der Waals surface area contributed by atoms with Gasteiger partial charge in [-0.1, -0.05) is 50.2 Å². The summed E-state index contributed by atoms with van der Waals surface area (Å²) in [5, 5.41) is 0. The van der Waals surface area contributed by atoms with Crippen molar-refractivity contribution in [1.82, 2.24) is 0 Å². The van der Waals surface area contributed by atoms with E-state index in [1.165, 1.54) is 16.7 Å². The Bertz CT molecular complexity index is 1120. The van der Waals surface area contributed by atoms with Crippen LogP contribution in [0.3, 0.4) is 0 Å². The Labute approximate surface area is 295 Å². The quantitative estimate of drug-likeness (QED) is 0.182. The summed E-state index contributed by atoms with van der Waals surface area (Å²) < 4.78 is 61.0. The molecule has 0 spiro atoms. The number of ether oxygens (including phenoxy) is 1. The van der Waals surface area contributed by atoms with Crippen LogP contribution >= 0.6 is 0 Å². The molecule has 47 heavy (non-hydrogen) atoms. The van der Waals surface area contributed by atoms with E-state index in [1.54, 1.807) is 0 Å². The molecule has 0 saturated carbocycles. The number of aryl methyl sites for hydroxylation is 1.